The highest BCUT2D eigenvalue weighted by Gasteiger charge is 2.15. The smallest absolute Gasteiger partial charge is 0.289 e. The molecule has 3 rings (SSSR count). The zero-order chi connectivity index (χ0) is 16.9. The van der Waals surface area contributed by atoms with Gasteiger partial charge < -0.3 is 10.1 Å². The maximum absolute atomic E-state index is 13.0. The molecule has 3 aromatic rings. The van der Waals surface area contributed by atoms with Gasteiger partial charge in [0.25, 0.3) is 5.91 Å². The second kappa shape index (κ2) is 6.91. The van der Waals surface area contributed by atoms with Crippen LogP contribution in [0.1, 0.15) is 16.2 Å². The Kier molecular flexibility index (Phi) is 4.51. The molecule has 0 radical (unpaired) electrons. The highest BCUT2D eigenvalue weighted by atomic mass is 19.1. The topological polar surface area (TPSA) is 69.0 Å². The third kappa shape index (κ3) is 3.40. The van der Waals surface area contributed by atoms with E-state index in [1.54, 1.807) is 7.11 Å². The Morgan fingerprint density at radius 3 is 2.54 bits per heavy atom. The number of benzene rings is 2. The van der Waals surface area contributed by atoms with Crippen LogP contribution in [0.25, 0.3) is 5.69 Å². The number of hydrogen-bond acceptors (Lipinski definition) is 4. The van der Waals surface area contributed by atoms with E-state index < -0.39 is 0 Å². The van der Waals surface area contributed by atoms with E-state index in [9.17, 15) is 9.18 Å². The number of nitrogens with one attached hydrogen (secondary N) is 1. The molecular weight excluding hydrogens is 311 g/mol. The maximum Gasteiger partial charge on any atom is 0.289 e. The van der Waals surface area contributed by atoms with Crippen LogP contribution in [-0.4, -0.2) is 27.8 Å². The average Bonchev–Trinajstić information content (AvgIpc) is 3.10. The number of amides is 1. The van der Waals surface area contributed by atoms with Gasteiger partial charge in [-0.1, -0.05) is 12.1 Å². The van der Waals surface area contributed by atoms with Gasteiger partial charge in [-0.05, 0) is 42.0 Å². The van der Waals surface area contributed by atoms with Gasteiger partial charge in [-0.25, -0.2) is 14.1 Å². The Labute approximate surface area is 137 Å². The Morgan fingerprint density at radius 2 is 1.88 bits per heavy atom. The van der Waals surface area contributed by atoms with Gasteiger partial charge in [-0.2, -0.15) is 5.10 Å². The minimum Gasteiger partial charge on any atom is -0.497 e. The first-order valence-electron chi connectivity index (χ1n) is 7.24. The fourth-order valence-electron chi connectivity index (χ4n) is 2.17. The molecule has 0 saturated carbocycles. The van der Waals surface area contributed by atoms with E-state index in [0.717, 1.165) is 11.3 Å². The van der Waals surface area contributed by atoms with Crippen LogP contribution >= 0.6 is 0 Å². The van der Waals surface area contributed by atoms with Crippen molar-refractivity contribution in [2.24, 2.45) is 0 Å². The van der Waals surface area contributed by atoms with E-state index in [1.807, 2.05) is 24.3 Å². The summed E-state index contributed by atoms with van der Waals surface area (Å²) in [7, 11) is 1.60. The van der Waals surface area contributed by atoms with Crippen LogP contribution in [0.4, 0.5) is 4.39 Å². The first-order chi connectivity index (χ1) is 11.7. The first-order valence-corrected chi connectivity index (χ1v) is 7.24. The SMILES string of the molecule is COc1ccc(CNC(=O)c2ncnn2-c2ccc(F)cc2)cc1. The fraction of sp³-hybridized carbons (Fsp3) is 0.118. The summed E-state index contributed by atoms with van der Waals surface area (Å²) in [5, 5.41) is 6.80. The van der Waals surface area contributed by atoms with Gasteiger partial charge in [0.2, 0.25) is 5.82 Å². The summed E-state index contributed by atoms with van der Waals surface area (Å²) in [6, 6.07) is 13.0. The molecule has 7 heteroatoms. The van der Waals surface area contributed by atoms with Crippen molar-refractivity contribution in [3.8, 4) is 11.4 Å². The molecule has 0 unspecified atom stereocenters. The summed E-state index contributed by atoms with van der Waals surface area (Å²) >= 11 is 0. The van der Waals surface area contributed by atoms with Crippen LogP contribution in [0.15, 0.2) is 54.9 Å². The molecule has 1 heterocycles. The molecule has 0 aliphatic rings. The number of carbonyl (C=O) groups is 1. The molecule has 122 valence electrons. The van der Waals surface area contributed by atoms with Crippen LogP contribution in [0.3, 0.4) is 0 Å². The van der Waals surface area contributed by atoms with E-state index in [2.05, 4.69) is 15.4 Å². The molecule has 0 saturated heterocycles. The monoisotopic (exact) mass is 326 g/mol. The zero-order valence-electron chi connectivity index (χ0n) is 12.9. The predicted molar refractivity (Wildman–Crippen MR) is 85.5 cm³/mol. The second-order valence-corrected chi connectivity index (χ2v) is 5.00. The molecule has 1 N–H and O–H groups in total. The van der Waals surface area contributed by atoms with Crippen molar-refractivity contribution in [2.75, 3.05) is 7.11 Å². The van der Waals surface area contributed by atoms with Crippen LogP contribution in [0.2, 0.25) is 0 Å². The van der Waals surface area contributed by atoms with Gasteiger partial charge >= 0.3 is 0 Å². The van der Waals surface area contributed by atoms with E-state index >= 15 is 0 Å². The van der Waals surface area contributed by atoms with E-state index in [0.29, 0.717) is 12.2 Å². The largest absolute Gasteiger partial charge is 0.497 e. The Morgan fingerprint density at radius 1 is 1.17 bits per heavy atom. The van der Waals surface area contributed by atoms with Crippen LogP contribution < -0.4 is 10.1 Å². The molecule has 0 fully saturated rings. The molecule has 1 amide bonds. The predicted octanol–water partition coefficient (Wildman–Crippen LogP) is 2.35. The van der Waals surface area contributed by atoms with Crippen LogP contribution in [0.5, 0.6) is 5.75 Å². The average molecular weight is 326 g/mol. The van der Waals surface area contributed by atoms with Gasteiger partial charge in [0.1, 0.15) is 17.9 Å². The molecule has 6 nitrogen and oxygen atoms in total. The normalized spacial score (nSPS) is 10.4. The number of hydrogen-bond donors (Lipinski definition) is 1. The van der Waals surface area contributed by atoms with Crippen molar-refractivity contribution in [1.82, 2.24) is 20.1 Å². The van der Waals surface area contributed by atoms with Crippen LogP contribution in [0, 0.1) is 5.82 Å². The summed E-state index contributed by atoms with van der Waals surface area (Å²) in [6.07, 6.45) is 1.28. The summed E-state index contributed by atoms with van der Waals surface area (Å²) in [4.78, 5) is 16.3. The van der Waals surface area contributed by atoms with Crippen molar-refractivity contribution in [3.05, 3.63) is 72.1 Å². The van der Waals surface area contributed by atoms with Gasteiger partial charge in [-0.15, -0.1) is 0 Å². The summed E-state index contributed by atoms with van der Waals surface area (Å²) in [5.41, 5.74) is 1.49. The van der Waals surface area contributed by atoms with Crippen molar-refractivity contribution in [3.63, 3.8) is 0 Å². The molecule has 0 spiro atoms. The molecule has 0 atom stereocenters. The minimum atomic E-state index is -0.368. The summed E-state index contributed by atoms with van der Waals surface area (Å²) in [5.74, 6) is 0.160. The highest BCUT2D eigenvalue weighted by Crippen LogP contribution is 2.12. The summed E-state index contributed by atoms with van der Waals surface area (Å²) in [6.45, 7) is 0.346. The lowest BCUT2D eigenvalue weighted by molar-refractivity contribution is 0.0938. The molecular formula is C17H15FN4O2. The fourth-order valence-corrected chi connectivity index (χ4v) is 2.17. The number of nitrogens with zero attached hydrogens (tertiary/aromatic N) is 3. The molecule has 24 heavy (non-hydrogen) atoms. The molecule has 2 aromatic carbocycles. The van der Waals surface area contributed by atoms with E-state index in [4.69, 9.17) is 4.74 Å². The highest BCUT2D eigenvalue weighted by molar-refractivity contribution is 5.91. The number of carbonyl (C=O) groups excluding carboxylic acids is 1. The zero-order valence-corrected chi connectivity index (χ0v) is 12.9. The molecule has 0 aliphatic heterocycles. The van der Waals surface area contributed by atoms with Gasteiger partial charge in [0.05, 0.1) is 12.8 Å². The number of halogens is 1. The van der Waals surface area contributed by atoms with Gasteiger partial charge in [0.15, 0.2) is 0 Å². The quantitative estimate of drug-likeness (QED) is 0.781. The van der Waals surface area contributed by atoms with Crippen molar-refractivity contribution in [2.45, 2.75) is 6.54 Å². The number of aromatic nitrogens is 3. The second-order valence-electron chi connectivity index (χ2n) is 5.00. The van der Waals surface area contributed by atoms with Gasteiger partial charge in [-0.3, -0.25) is 4.79 Å². The number of ether oxygens (including phenoxy) is 1. The van der Waals surface area contributed by atoms with Gasteiger partial charge in [0, 0.05) is 6.54 Å². The maximum atomic E-state index is 13.0. The molecule has 0 aliphatic carbocycles. The third-order valence-electron chi connectivity index (χ3n) is 3.43. The third-order valence-corrected chi connectivity index (χ3v) is 3.43. The molecule has 1 aromatic heterocycles. The molecule has 0 bridgehead atoms. The Bertz CT molecular complexity index is 829. The van der Waals surface area contributed by atoms with Crippen molar-refractivity contribution in [1.29, 1.82) is 0 Å². The lowest BCUT2D eigenvalue weighted by atomic mass is 10.2. The van der Waals surface area contributed by atoms with Crippen molar-refractivity contribution < 1.29 is 13.9 Å². The lowest BCUT2D eigenvalue weighted by Crippen LogP contribution is -2.26. The minimum absolute atomic E-state index is 0.134. The lowest BCUT2D eigenvalue weighted by Gasteiger charge is -2.08. The first kappa shape index (κ1) is 15.7. The van der Waals surface area contributed by atoms with E-state index in [1.165, 1.54) is 35.3 Å². The Hall–Kier alpha value is -3.22. The van der Waals surface area contributed by atoms with Crippen molar-refractivity contribution >= 4 is 5.91 Å². The van der Waals surface area contributed by atoms with E-state index in [-0.39, 0.29) is 17.5 Å². The number of rotatable bonds is 5. The summed E-state index contributed by atoms with van der Waals surface area (Å²) < 4.78 is 19.5. The van der Waals surface area contributed by atoms with Crippen LogP contribution in [-0.2, 0) is 6.54 Å². The number of methoxy groups -OCH3 is 1. The Balaban J connectivity index is 1.71. The standard InChI is InChI=1S/C17H15FN4O2/c1-24-15-8-2-12(3-9-15)10-19-17(23)16-20-11-21-22(16)14-6-4-13(18)5-7-14/h2-9,11H,10H2,1H3,(H,19,23).